The van der Waals surface area contributed by atoms with Gasteiger partial charge < -0.3 is 4.98 Å². The van der Waals surface area contributed by atoms with Crippen molar-refractivity contribution in [3.05, 3.63) is 32.9 Å². The van der Waals surface area contributed by atoms with Crippen molar-refractivity contribution in [2.24, 2.45) is 0 Å². The minimum atomic E-state index is 0.549. The fraction of sp³-hybridized carbons (Fsp3) is 0.111. The summed E-state index contributed by atoms with van der Waals surface area (Å²) in [7, 11) is 0. The average Bonchev–Trinajstić information content (AvgIpc) is 2.37. The Kier molecular flexibility index (Phi) is 2.18. The van der Waals surface area contributed by atoms with Gasteiger partial charge in [-0.2, -0.15) is 0 Å². The van der Waals surface area contributed by atoms with Gasteiger partial charge in [-0.25, -0.2) is 0 Å². The first-order valence-electron chi connectivity index (χ1n) is 3.73. The number of aromatic amines is 1. The highest BCUT2D eigenvalue weighted by molar-refractivity contribution is 6.46. The second-order valence-electron chi connectivity index (χ2n) is 2.85. The molecule has 4 heteroatoms. The second-order valence-corrected chi connectivity index (χ2v) is 4.01. The first kappa shape index (κ1) is 9.20. The Morgan fingerprint density at radius 1 is 1.15 bits per heavy atom. The van der Waals surface area contributed by atoms with Crippen molar-refractivity contribution in [3.8, 4) is 0 Å². The van der Waals surface area contributed by atoms with E-state index in [2.05, 4.69) is 4.98 Å². The van der Waals surface area contributed by atoms with E-state index in [1.54, 1.807) is 6.07 Å². The zero-order valence-corrected chi connectivity index (χ0v) is 9.06. The molecule has 0 radical (unpaired) electrons. The molecule has 1 N–H and O–H groups in total. The van der Waals surface area contributed by atoms with Crippen molar-refractivity contribution in [1.29, 1.82) is 0 Å². The summed E-state index contributed by atoms with van der Waals surface area (Å²) in [4.78, 5) is 3.02. The van der Waals surface area contributed by atoms with Crippen LogP contribution in [0.2, 0.25) is 15.2 Å². The SMILES string of the molecule is Cc1c(Cl)[nH]c2ccc(Cl)c(Cl)c12. The van der Waals surface area contributed by atoms with Gasteiger partial charge >= 0.3 is 0 Å². The maximum Gasteiger partial charge on any atom is 0.110 e. The van der Waals surface area contributed by atoms with Crippen LogP contribution in [0.3, 0.4) is 0 Å². The molecule has 1 aromatic carbocycles. The van der Waals surface area contributed by atoms with Crippen LogP contribution >= 0.6 is 34.8 Å². The zero-order chi connectivity index (χ0) is 9.59. The second kappa shape index (κ2) is 3.09. The van der Waals surface area contributed by atoms with Crippen LogP contribution in [0.25, 0.3) is 10.9 Å². The first-order chi connectivity index (χ1) is 6.11. The van der Waals surface area contributed by atoms with Gasteiger partial charge in [0.2, 0.25) is 0 Å². The molecule has 2 aromatic rings. The molecule has 1 nitrogen and oxygen atoms in total. The molecule has 1 heterocycles. The summed E-state index contributed by atoms with van der Waals surface area (Å²) >= 11 is 17.8. The monoisotopic (exact) mass is 233 g/mol. The topological polar surface area (TPSA) is 15.8 Å². The minimum Gasteiger partial charge on any atom is -0.345 e. The van der Waals surface area contributed by atoms with Gasteiger partial charge in [-0.1, -0.05) is 34.8 Å². The Bertz CT molecular complexity index is 473. The largest absolute Gasteiger partial charge is 0.345 e. The van der Waals surface area contributed by atoms with Crippen molar-refractivity contribution in [2.75, 3.05) is 0 Å². The maximum absolute atomic E-state index is 6.03. The van der Waals surface area contributed by atoms with Crippen molar-refractivity contribution in [3.63, 3.8) is 0 Å². The quantitative estimate of drug-likeness (QED) is 0.694. The predicted molar refractivity (Wildman–Crippen MR) is 58.1 cm³/mol. The van der Waals surface area contributed by atoms with Gasteiger partial charge in [0.05, 0.1) is 10.0 Å². The fourth-order valence-corrected chi connectivity index (χ4v) is 2.00. The number of fused-ring (bicyclic) bond motifs is 1. The normalized spacial score (nSPS) is 11.1. The lowest BCUT2D eigenvalue weighted by Gasteiger charge is -1.97. The van der Waals surface area contributed by atoms with E-state index < -0.39 is 0 Å². The van der Waals surface area contributed by atoms with Crippen LogP contribution in [0, 0.1) is 6.92 Å². The molecule has 0 aliphatic rings. The van der Waals surface area contributed by atoms with Gasteiger partial charge in [-0.15, -0.1) is 0 Å². The molecule has 0 spiro atoms. The highest BCUT2D eigenvalue weighted by Gasteiger charge is 2.10. The van der Waals surface area contributed by atoms with Crippen LogP contribution in [-0.2, 0) is 0 Å². The molecular formula is C9H6Cl3N. The molecule has 2 rings (SSSR count). The Hall–Kier alpha value is -0.370. The number of nitrogens with one attached hydrogen (secondary N) is 1. The summed E-state index contributed by atoms with van der Waals surface area (Å²) < 4.78 is 0. The molecule has 0 atom stereocenters. The minimum absolute atomic E-state index is 0.549. The van der Waals surface area contributed by atoms with Crippen LogP contribution in [0.1, 0.15) is 5.56 Å². The number of rotatable bonds is 0. The van der Waals surface area contributed by atoms with Crippen molar-refractivity contribution < 1.29 is 0 Å². The van der Waals surface area contributed by atoms with Gasteiger partial charge in [-0.3, -0.25) is 0 Å². The van der Waals surface area contributed by atoms with Crippen LogP contribution in [0.15, 0.2) is 12.1 Å². The number of halogens is 3. The summed E-state index contributed by atoms with van der Waals surface area (Å²) in [5.41, 5.74) is 1.85. The number of H-pyrrole nitrogens is 1. The van der Waals surface area contributed by atoms with Crippen molar-refractivity contribution in [2.45, 2.75) is 6.92 Å². The molecule has 68 valence electrons. The van der Waals surface area contributed by atoms with E-state index in [0.717, 1.165) is 16.5 Å². The zero-order valence-electron chi connectivity index (χ0n) is 6.79. The van der Waals surface area contributed by atoms with Crippen LogP contribution in [-0.4, -0.2) is 4.98 Å². The third-order valence-electron chi connectivity index (χ3n) is 2.04. The number of aryl methyl sites for hydroxylation is 1. The van der Waals surface area contributed by atoms with Crippen LogP contribution in [0.5, 0.6) is 0 Å². The lowest BCUT2D eigenvalue weighted by Crippen LogP contribution is -1.73. The highest BCUT2D eigenvalue weighted by Crippen LogP contribution is 2.35. The van der Waals surface area contributed by atoms with E-state index in [0.29, 0.717) is 15.2 Å². The summed E-state index contributed by atoms with van der Waals surface area (Å²) in [6.07, 6.45) is 0. The van der Waals surface area contributed by atoms with E-state index in [9.17, 15) is 0 Å². The Morgan fingerprint density at radius 3 is 2.54 bits per heavy atom. The van der Waals surface area contributed by atoms with Crippen molar-refractivity contribution >= 4 is 45.7 Å². The fourth-order valence-electron chi connectivity index (χ4n) is 1.34. The molecule has 0 fully saturated rings. The summed E-state index contributed by atoms with van der Waals surface area (Å²) in [5, 5.41) is 2.62. The van der Waals surface area contributed by atoms with E-state index >= 15 is 0 Å². The maximum atomic E-state index is 6.03. The smallest absolute Gasteiger partial charge is 0.110 e. The van der Waals surface area contributed by atoms with Gasteiger partial charge in [0.1, 0.15) is 5.15 Å². The summed E-state index contributed by atoms with van der Waals surface area (Å²) in [6.45, 7) is 1.91. The molecule has 13 heavy (non-hydrogen) atoms. The predicted octanol–water partition coefficient (Wildman–Crippen LogP) is 4.44. The molecule has 0 aliphatic heterocycles. The van der Waals surface area contributed by atoms with E-state index in [1.807, 2.05) is 13.0 Å². The van der Waals surface area contributed by atoms with Crippen molar-refractivity contribution in [1.82, 2.24) is 4.98 Å². The standard InChI is InChI=1S/C9H6Cl3N/c1-4-7-6(13-9(4)12)3-2-5(10)8(7)11/h2-3,13H,1H3. The van der Waals surface area contributed by atoms with Gasteiger partial charge in [0, 0.05) is 10.9 Å². The third kappa shape index (κ3) is 1.32. The van der Waals surface area contributed by atoms with E-state index in [4.69, 9.17) is 34.8 Å². The van der Waals surface area contributed by atoms with Gasteiger partial charge in [0.15, 0.2) is 0 Å². The first-order valence-corrected chi connectivity index (χ1v) is 4.86. The molecule has 0 bridgehead atoms. The lowest BCUT2D eigenvalue weighted by atomic mass is 10.2. The Morgan fingerprint density at radius 2 is 1.85 bits per heavy atom. The molecule has 0 unspecified atom stereocenters. The summed E-state index contributed by atoms with van der Waals surface area (Å²) in [5.74, 6) is 0. The summed E-state index contributed by atoms with van der Waals surface area (Å²) in [6, 6.07) is 3.61. The molecule has 1 aromatic heterocycles. The molecular weight excluding hydrogens is 228 g/mol. The average molecular weight is 235 g/mol. The molecule has 0 aliphatic carbocycles. The van der Waals surface area contributed by atoms with Crippen LogP contribution in [0.4, 0.5) is 0 Å². The number of benzene rings is 1. The molecule has 0 amide bonds. The lowest BCUT2D eigenvalue weighted by molar-refractivity contribution is 1.42. The van der Waals surface area contributed by atoms with Gasteiger partial charge in [0.25, 0.3) is 0 Å². The van der Waals surface area contributed by atoms with E-state index in [1.165, 1.54) is 0 Å². The Labute approximate surface area is 90.6 Å². The number of aromatic nitrogens is 1. The van der Waals surface area contributed by atoms with Gasteiger partial charge in [-0.05, 0) is 24.6 Å². The van der Waals surface area contributed by atoms with Crippen LogP contribution < -0.4 is 0 Å². The van der Waals surface area contributed by atoms with E-state index in [-0.39, 0.29) is 0 Å². The Balaban J connectivity index is 2.97. The molecule has 0 saturated heterocycles. The number of hydrogen-bond acceptors (Lipinski definition) is 0. The number of hydrogen-bond donors (Lipinski definition) is 1. The third-order valence-corrected chi connectivity index (χ3v) is 3.23. The molecule has 0 saturated carbocycles. The highest BCUT2D eigenvalue weighted by atomic mass is 35.5.